The van der Waals surface area contributed by atoms with Gasteiger partial charge in [0.1, 0.15) is 0 Å². The van der Waals surface area contributed by atoms with Crippen LogP contribution >= 0.6 is 0 Å². The van der Waals surface area contributed by atoms with E-state index in [1.807, 2.05) is 0 Å². The number of aliphatic hydroxyl groups is 1. The largest absolute Gasteiger partial charge is 0.393 e. The molecule has 0 aromatic heterocycles. The predicted molar refractivity (Wildman–Crippen MR) is 68.1 cm³/mol. The Morgan fingerprint density at radius 3 is 2.76 bits per heavy atom. The molecule has 2 fully saturated rings. The fraction of sp³-hybridized carbons (Fsp3) is 1.00. The third-order valence-corrected chi connectivity index (χ3v) is 4.00. The highest BCUT2D eigenvalue weighted by Crippen LogP contribution is 2.18. The van der Waals surface area contributed by atoms with Gasteiger partial charge >= 0.3 is 0 Å². The molecule has 1 heterocycles. The van der Waals surface area contributed by atoms with Crippen LogP contribution in [0.4, 0.5) is 0 Å². The fourth-order valence-corrected chi connectivity index (χ4v) is 2.77. The quantitative estimate of drug-likeness (QED) is 0.758. The summed E-state index contributed by atoms with van der Waals surface area (Å²) in [6, 6.07) is 0.582. The van der Waals surface area contributed by atoms with E-state index in [1.54, 1.807) is 0 Å². The van der Waals surface area contributed by atoms with Gasteiger partial charge in [-0.25, -0.2) is 0 Å². The summed E-state index contributed by atoms with van der Waals surface area (Å²) in [7, 11) is 0. The predicted octanol–water partition coefficient (Wildman–Crippen LogP) is 0.600. The Morgan fingerprint density at radius 2 is 2.06 bits per heavy atom. The van der Waals surface area contributed by atoms with Crippen molar-refractivity contribution < 1.29 is 9.84 Å². The van der Waals surface area contributed by atoms with Crippen LogP contribution in [0.5, 0.6) is 0 Å². The van der Waals surface area contributed by atoms with Gasteiger partial charge in [-0.3, -0.25) is 4.90 Å². The second kappa shape index (κ2) is 6.69. The number of hydrogen-bond donors (Lipinski definition) is 2. The summed E-state index contributed by atoms with van der Waals surface area (Å²) < 4.78 is 5.77. The number of nitrogens with one attached hydrogen (secondary N) is 1. The molecule has 1 saturated carbocycles. The van der Waals surface area contributed by atoms with Crippen LogP contribution in [0.2, 0.25) is 0 Å². The van der Waals surface area contributed by atoms with Crippen LogP contribution in [0.3, 0.4) is 0 Å². The molecule has 1 aliphatic heterocycles. The summed E-state index contributed by atoms with van der Waals surface area (Å²) >= 11 is 0. The molecule has 2 aliphatic rings. The van der Waals surface area contributed by atoms with Crippen molar-refractivity contribution in [3.63, 3.8) is 0 Å². The summed E-state index contributed by atoms with van der Waals surface area (Å²) in [5.74, 6) is 0. The third kappa shape index (κ3) is 4.21. The number of ether oxygens (including phenoxy) is 1. The van der Waals surface area contributed by atoms with E-state index in [2.05, 4.69) is 17.1 Å². The number of aliphatic hydroxyl groups excluding tert-OH is 1. The van der Waals surface area contributed by atoms with E-state index in [0.717, 1.165) is 58.5 Å². The summed E-state index contributed by atoms with van der Waals surface area (Å²) in [6.07, 6.45) is 4.39. The van der Waals surface area contributed by atoms with E-state index >= 15 is 0 Å². The number of nitrogens with zero attached hydrogens (tertiary/aromatic N) is 1. The van der Waals surface area contributed by atoms with Crippen LogP contribution in [-0.4, -0.2) is 61.0 Å². The molecular formula is C13H26N2O2. The molecule has 2 rings (SSSR count). The van der Waals surface area contributed by atoms with Crippen LogP contribution in [-0.2, 0) is 4.74 Å². The van der Waals surface area contributed by atoms with Crippen molar-refractivity contribution in [2.45, 2.75) is 50.9 Å². The first-order valence-electron chi connectivity index (χ1n) is 7.03. The third-order valence-electron chi connectivity index (χ3n) is 4.00. The molecule has 100 valence electrons. The Balaban J connectivity index is 1.64. The van der Waals surface area contributed by atoms with Crippen molar-refractivity contribution in [2.75, 3.05) is 32.8 Å². The van der Waals surface area contributed by atoms with E-state index in [4.69, 9.17) is 4.74 Å². The van der Waals surface area contributed by atoms with Crippen LogP contribution in [0.15, 0.2) is 0 Å². The molecule has 0 radical (unpaired) electrons. The molecule has 1 aliphatic carbocycles. The van der Waals surface area contributed by atoms with E-state index < -0.39 is 0 Å². The number of hydrogen-bond acceptors (Lipinski definition) is 4. The summed E-state index contributed by atoms with van der Waals surface area (Å²) in [4.78, 5) is 2.44. The Morgan fingerprint density at radius 1 is 1.29 bits per heavy atom. The molecule has 17 heavy (non-hydrogen) atoms. The number of morpholine rings is 1. The minimum Gasteiger partial charge on any atom is -0.393 e. The molecule has 0 aromatic rings. The van der Waals surface area contributed by atoms with Gasteiger partial charge in [0.2, 0.25) is 0 Å². The monoisotopic (exact) mass is 242 g/mol. The Bertz CT molecular complexity index is 217. The molecule has 1 unspecified atom stereocenters. The topological polar surface area (TPSA) is 44.7 Å². The second-order valence-electron chi connectivity index (χ2n) is 5.30. The first-order chi connectivity index (χ1) is 8.28. The van der Waals surface area contributed by atoms with Gasteiger partial charge in [0.25, 0.3) is 0 Å². The first kappa shape index (κ1) is 13.3. The Labute approximate surface area is 104 Å². The van der Waals surface area contributed by atoms with Gasteiger partial charge in [-0.05, 0) is 32.2 Å². The van der Waals surface area contributed by atoms with E-state index in [-0.39, 0.29) is 6.10 Å². The lowest BCUT2D eigenvalue weighted by Gasteiger charge is -2.34. The SMILES string of the molecule is CCN1CCOC(CNC2CCC(O)CC2)C1. The molecule has 2 N–H and O–H groups in total. The smallest absolute Gasteiger partial charge is 0.0826 e. The fourth-order valence-electron chi connectivity index (χ4n) is 2.77. The van der Waals surface area contributed by atoms with Crippen LogP contribution in [0.1, 0.15) is 32.6 Å². The first-order valence-corrected chi connectivity index (χ1v) is 7.03. The normalized spacial score (nSPS) is 36.0. The molecule has 4 nitrogen and oxygen atoms in total. The van der Waals surface area contributed by atoms with Gasteiger partial charge in [-0.1, -0.05) is 6.92 Å². The molecule has 4 heteroatoms. The standard InChI is InChI=1S/C13H26N2O2/c1-2-15-7-8-17-13(10-15)9-14-11-3-5-12(16)6-4-11/h11-14,16H,2-10H2,1H3. The highest BCUT2D eigenvalue weighted by Gasteiger charge is 2.22. The van der Waals surface area contributed by atoms with Crippen molar-refractivity contribution >= 4 is 0 Å². The van der Waals surface area contributed by atoms with E-state index in [9.17, 15) is 5.11 Å². The molecule has 1 atom stereocenters. The zero-order valence-electron chi connectivity index (χ0n) is 10.9. The van der Waals surface area contributed by atoms with Gasteiger partial charge in [0.05, 0.1) is 18.8 Å². The number of rotatable bonds is 4. The minimum absolute atomic E-state index is 0.0606. The van der Waals surface area contributed by atoms with Crippen molar-refractivity contribution in [3.8, 4) is 0 Å². The molecule has 0 amide bonds. The summed E-state index contributed by atoms with van der Waals surface area (Å²) in [6.45, 7) is 7.27. The van der Waals surface area contributed by atoms with E-state index in [1.165, 1.54) is 0 Å². The second-order valence-corrected chi connectivity index (χ2v) is 5.30. The minimum atomic E-state index is -0.0606. The molecule has 0 bridgehead atoms. The van der Waals surface area contributed by atoms with Gasteiger partial charge in [0.15, 0.2) is 0 Å². The van der Waals surface area contributed by atoms with Crippen LogP contribution < -0.4 is 5.32 Å². The lowest BCUT2D eigenvalue weighted by atomic mass is 9.93. The highest BCUT2D eigenvalue weighted by atomic mass is 16.5. The molecule has 0 aromatic carbocycles. The van der Waals surface area contributed by atoms with Crippen molar-refractivity contribution in [1.29, 1.82) is 0 Å². The van der Waals surface area contributed by atoms with Crippen LogP contribution in [0, 0.1) is 0 Å². The molecule has 1 saturated heterocycles. The summed E-state index contributed by atoms with van der Waals surface area (Å²) in [5.41, 5.74) is 0. The zero-order chi connectivity index (χ0) is 12.1. The average Bonchev–Trinajstić information content (AvgIpc) is 2.38. The maximum atomic E-state index is 9.45. The van der Waals surface area contributed by atoms with Crippen molar-refractivity contribution in [3.05, 3.63) is 0 Å². The van der Waals surface area contributed by atoms with Gasteiger partial charge < -0.3 is 15.2 Å². The van der Waals surface area contributed by atoms with Gasteiger partial charge in [0, 0.05) is 25.7 Å². The van der Waals surface area contributed by atoms with Gasteiger partial charge in [-0.15, -0.1) is 0 Å². The lowest BCUT2D eigenvalue weighted by molar-refractivity contribution is -0.0273. The average molecular weight is 242 g/mol. The maximum Gasteiger partial charge on any atom is 0.0826 e. The maximum absolute atomic E-state index is 9.45. The van der Waals surface area contributed by atoms with Crippen LogP contribution in [0.25, 0.3) is 0 Å². The molecular weight excluding hydrogens is 216 g/mol. The van der Waals surface area contributed by atoms with Gasteiger partial charge in [-0.2, -0.15) is 0 Å². The number of likely N-dealkylation sites (N-methyl/N-ethyl adjacent to an activating group) is 1. The zero-order valence-corrected chi connectivity index (χ0v) is 10.9. The summed E-state index contributed by atoms with van der Waals surface area (Å²) in [5, 5.41) is 13.0. The Kier molecular flexibility index (Phi) is 5.22. The highest BCUT2D eigenvalue weighted by molar-refractivity contribution is 4.79. The lowest BCUT2D eigenvalue weighted by Crippen LogP contribution is -2.48. The molecule has 0 spiro atoms. The van der Waals surface area contributed by atoms with E-state index in [0.29, 0.717) is 12.1 Å². The Hall–Kier alpha value is -0.160. The van der Waals surface area contributed by atoms with Crippen molar-refractivity contribution in [1.82, 2.24) is 10.2 Å². The van der Waals surface area contributed by atoms with Crippen molar-refractivity contribution in [2.24, 2.45) is 0 Å².